The summed E-state index contributed by atoms with van der Waals surface area (Å²) in [5.74, 6) is 0.0428. The SMILES string of the molecule is CN[C@@H](C)C(=O)C[C@H](C(=O)N1CCC[C@@H]1c1cccc(S(=O)(=O)c2ccccc2)c1)C1CCCCC1. The molecule has 194 valence electrons. The van der Waals surface area contributed by atoms with Gasteiger partial charge in [0.25, 0.3) is 0 Å². The fraction of sp³-hybridized carbons (Fsp3) is 0.517. The number of nitrogens with zero attached hydrogens (tertiary/aromatic N) is 1. The van der Waals surface area contributed by atoms with Gasteiger partial charge in [-0.3, -0.25) is 9.59 Å². The van der Waals surface area contributed by atoms with E-state index in [1.807, 2.05) is 17.9 Å². The van der Waals surface area contributed by atoms with Crippen LogP contribution in [0.5, 0.6) is 0 Å². The topological polar surface area (TPSA) is 83.6 Å². The normalized spacial score (nSPS) is 20.7. The quantitative estimate of drug-likeness (QED) is 0.516. The molecule has 1 amide bonds. The second-order valence-corrected chi connectivity index (χ2v) is 12.2. The number of carbonyl (C=O) groups is 2. The highest BCUT2D eigenvalue weighted by Crippen LogP contribution is 2.39. The molecule has 2 fully saturated rings. The highest BCUT2D eigenvalue weighted by Gasteiger charge is 2.39. The molecule has 1 saturated heterocycles. The van der Waals surface area contributed by atoms with Crippen molar-refractivity contribution in [1.29, 1.82) is 0 Å². The summed E-state index contributed by atoms with van der Waals surface area (Å²) in [6, 6.07) is 15.0. The Balaban J connectivity index is 1.60. The van der Waals surface area contributed by atoms with Gasteiger partial charge in [0, 0.05) is 18.9 Å². The van der Waals surface area contributed by atoms with E-state index < -0.39 is 9.84 Å². The third-order valence-electron chi connectivity index (χ3n) is 8.02. The number of rotatable bonds is 9. The molecule has 0 spiro atoms. The summed E-state index contributed by atoms with van der Waals surface area (Å²) >= 11 is 0. The Morgan fingerprint density at radius 1 is 0.944 bits per heavy atom. The molecule has 0 radical (unpaired) electrons. The summed E-state index contributed by atoms with van der Waals surface area (Å²) in [5.41, 5.74) is 0.843. The molecule has 1 N–H and O–H groups in total. The average Bonchev–Trinajstić information content (AvgIpc) is 3.42. The van der Waals surface area contributed by atoms with Crippen molar-refractivity contribution in [1.82, 2.24) is 10.2 Å². The minimum absolute atomic E-state index is 0.0531. The zero-order valence-corrected chi connectivity index (χ0v) is 22.2. The van der Waals surface area contributed by atoms with Crippen LogP contribution >= 0.6 is 0 Å². The predicted molar refractivity (Wildman–Crippen MR) is 140 cm³/mol. The van der Waals surface area contributed by atoms with Crippen LogP contribution in [0, 0.1) is 11.8 Å². The Morgan fingerprint density at radius 2 is 1.64 bits per heavy atom. The molecule has 7 heteroatoms. The number of nitrogens with one attached hydrogen (secondary N) is 1. The van der Waals surface area contributed by atoms with Crippen molar-refractivity contribution in [3.63, 3.8) is 0 Å². The summed E-state index contributed by atoms with van der Waals surface area (Å²) in [5, 5.41) is 3.02. The van der Waals surface area contributed by atoms with E-state index in [1.165, 1.54) is 6.42 Å². The van der Waals surface area contributed by atoms with Crippen LogP contribution in [0.15, 0.2) is 64.4 Å². The highest BCUT2D eigenvalue weighted by molar-refractivity contribution is 7.91. The lowest BCUT2D eigenvalue weighted by atomic mass is 9.76. The number of benzene rings is 2. The van der Waals surface area contributed by atoms with Gasteiger partial charge in [-0.2, -0.15) is 0 Å². The van der Waals surface area contributed by atoms with Crippen LogP contribution < -0.4 is 5.32 Å². The lowest BCUT2D eigenvalue weighted by molar-refractivity contribution is -0.141. The lowest BCUT2D eigenvalue weighted by Crippen LogP contribution is -2.42. The van der Waals surface area contributed by atoms with E-state index in [1.54, 1.807) is 55.6 Å². The number of amides is 1. The van der Waals surface area contributed by atoms with Crippen molar-refractivity contribution < 1.29 is 18.0 Å². The van der Waals surface area contributed by atoms with Gasteiger partial charge in [-0.25, -0.2) is 8.42 Å². The van der Waals surface area contributed by atoms with Crippen LogP contribution in [0.1, 0.15) is 69.9 Å². The molecule has 6 nitrogen and oxygen atoms in total. The molecule has 0 aromatic heterocycles. The van der Waals surface area contributed by atoms with E-state index >= 15 is 0 Å². The summed E-state index contributed by atoms with van der Waals surface area (Å²) < 4.78 is 26.4. The van der Waals surface area contributed by atoms with Crippen molar-refractivity contribution in [2.75, 3.05) is 13.6 Å². The van der Waals surface area contributed by atoms with Crippen molar-refractivity contribution in [3.8, 4) is 0 Å². The molecular weight excluding hydrogens is 472 g/mol. The smallest absolute Gasteiger partial charge is 0.226 e. The molecule has 1 saturated carbocycles. The zero-order valence-electron chi connectivity index (χ0n) is 21.4. The van der Waals surface area contributed by atoms with Crippen LogP contribution in [0.4, 0.5) is 0 Å². The molecule has 0 bridgehead atoms. The first kappa shape index (κ1) is 26.6. The number of hydrogen-bond donors (Lipinski definition) is 1. The molecule has 3 atom stereocenters. The minimum Gasteiger partial charge on any atom is -0.335 e. The Hall–Kier alpha value is -2.51. The first-order chi connectivity index (χ1) is 17.3. The van der Waals surface area contributed by atoms with Crippen LogP contribution in [0.25, 0.3) is 0 Å². The number of ketones is 1. The zero-order chi connectivity index (χ0) is 25.7. The molecule has 1 aliphatic carbocycles. The molecule has 0 unspecified atom stereocenters. The molecule has 2 aliphatic rings. The maximum absolute atomic E-state index is 14.0. The summed E-state index contributed by atoms with van der Waals surface area (Å²) in [6.45, 7) is 2.49. The first-order valence-electron chi connectivity index (χ1n) is 13.2. The van der Waals surface area contributed by atoms with Gasteiger partial charge < -0.3 is 10.2 Å². The third-order valence-corrected chi connectivity index (χ3v) is 9.78. The van der Waals surface area contributed by atoms with E-state index in [9.17, 15) is 18.0 Å². The number of hydrogen-bond acceptors (Lipinski definition) is 5. The first-order valence-corrected chi connectivity index (χ1v) is 14.7. The molecule has 1 heterocycles. The Kier molecular flexibility index (Phi) is 8.62. The molecular formula is C29H38N2O4S. The fourth-order valence-corrected chi connectivity index (χ4v) is 7.10. The number of sulfone groups is 1. The predicted octanol–water partition coefficient (Wildman–Crippen LogP) is 4.95. The molecule has 2 aromatic carbocycles. The number of likely N-dealkylation sites (N-methyl/N-ethyl adjacent to an activating group) is 1. The summed E-state index contributed by atoms with van der Waals surface area (Å²) in [7, 11) is -1.87. The largest absolute Gasteiger partial charge is 0.335 e. The summed E-state index contributed by atoms with van der Waals surface area (Å²) in [4.78, 5) is 29.3. The van der Waals surface area contributed by atoms with E-state index in [0.29, 0.717) is 6.54 Å². The maximum Gasteiger partial charge on any atom is 0.226 e. The minimum atomic E-state index is -3.65. The van der Waals surface area contributed by atoms with E-state index in [-0.39, 0.29) is 51.8 Å². The molecule has 4 rings (SSSR count). The fourth-order valence-electron chi connectivity index (χ4n) is 5.76. The van der Waals surface area contributed by atoms with Gasteiger partial charge in [-0.15, -0.1) is 0 Å². The van der Waals surface area contributed by atoms with Gasteiger partial charge in [0.05, 0.1) is 21.9 Å². The van der Waals surface area contributed by atoms with Crippen LogP contribution in [-0.4, -0.2) is 44.6 Å². The third kappa shape index (κ3) is 5.73. The lowest BCUT2D eigenvalue weighted by Gasteiger charge is -2.35. The van der Waals surface area contributed by atoms with Gasteiger partial charge in [-0.05, 0) is 75.4 Å². The van der Waals surface area contributed by atoms with Crippen LogP contribution in [-0.2, 0) is 19.4 Å². The Labute approximate surface area is 215 Å². The Bertz CT molecular complexity index is 1160. The van der Waals surface area contributed by atoms with Crippen LogP contribution in [0.2, 0.25) is 0 Å². The van der Waals surface area contributed by atoms with Crippen molar-refractivity contribution in [2.45, 2.75) is 80.2 Å². The Morgan fingerprint density at radius 3 is 2.33 bits per heavy atom. The molecule has 36 heavy (non-hydrogen) atoms. The number of carbonyl (C=O) groups excluding carboxylic acids is 2. The molecule has 1 aliphatic heterocycles. The summed E-state index contributed by atoms with van der Waals surface area (Å²) in [6.07, 6.45) is 7.29. The average molecular weight is 511 g/mol. The van der Waals surface area contributed by atoms with Gasteiger partial charge in [0.2, 0.25) is 15.7 Å². The van der Waals surface area contributed by atoms with E-state index in [0.717, 1.165) is 44.1 Å². The van der Waals surface area contributed by atoms with E-state index in [2.05, 4.69) is 5.32 Å². The second-order valence-electron chi connectivity index (χ2n) is 10.3. The number of likely N-dealkylation sites (tertiary alicyclic amines) is 1. The van der Waals surface area contributed by atoms with Gasteiger partial charge >= 0.3 is 0 Å². The number of Topliss-reactive ketones (excluding diaryl/α,β-unsaturated/α-hetero) is 1. The maximum atomic E-state index is 14.0. The van der Waals surface area contributed by atoms with Crippen molar-refractivity contribution >= 4 is 21.5 Å². The van der Waals surface area contributed by atoms with Crippen molar-refractivity contribution in [2.24, 2.45) is 11.8 Å². The van der Waals surface area contributed by atoms with Crippen LogP contribution in [0.3, 0.4) is 0 Å². The van der Waals surface area contributed by atoms with Gasteiger partial charge in [0.1, 0.15) is 5.78 Å². The standard InChI is InChI=1S/C29H38N2O4S/c1-21(30-2)28(32)20-26(22-11-5-3-6-12-22)29(33)31-18-10-17-27(31)23-13-9-16-25(19-23)36(34,35)24-14-7-4-8-15-24/h4,7-9,13-16,19,21-22,26-27,30H,3,5-6,10-12,17-18,20H2,1-2H3/t21-,26-,27+/m0/s1. The highest BCUT2D eigenvalue weighted by atomic mass is 32.2. The monoisotopic (exact) mass is 510 g/mol. The van der Waals surface area contributed by atoms with Gasteiger partial charge in [-0.1, -0.05) is 49.6 Å². The molecule has 2 aromatic rings. The van der Waals surface area contributed by atoms with E-state index in [4.69, 9.17) is 0 Å². The van der Waals surface area contributed by atoms with Gasteiger partial charge in [0.15, 0.2) is 0 Å². The van der Waals surface area contributed by atoms with Crippen molar-refractivity contribution in [3.05, 3.63) is 60.2 Å². The second kappa shape index (κ2) is 11.7.